The van der Waals surface area contributed by atoms with E-state index in [0.29, 0.717) is 17.1 Å². The second-order valence-electron chi connectivity index (χ2n) is 6.61. The van der Waals surface area contributed by atoms with Crippen molar-refractivity contribution in [2.75, 3.05) is 5.32 Å². The molecule has 0 bridgehead atoms. The van der Waals surface area contributed by atoms with E-state index in [-0.39, 0.29) is 11.4 Å². The van der Waals surface area contributed by atoms with Crippen molar-refractivity contribution in [3.63, 3.8) is 0 Å². The molecule has 0 spiro atoms. The Morgan fingerprint density at radius 2 is 1.97 bits per heavy atom. The number of nitro benzene ring substituents is 1. The SMILES string of the molecule is Cc1c(C(=O)Nc2ccc(Sc3nccn3C)cc2)nnn1-c1cccc([N+](=O)[O-])c1. The maximum absolute atomic E-state index is 12.7. The Labute approximate surface area is 181 Å². The quantitative estimate of drug-likeness (QED) is 0.363. The zero-order chi connectivity index (χ0) is 22.0. The zero-order valence-electron chi connectivity index (χ0n) is 16.6. The number of carbonyl (C=O) groups is 1. The molecule has 2 aromatic carbocycles. The van der Waals surface area contributed by atoms with Gasteiger partial charge in [-0.05, 0) is 37.3 Å². The molecule has 0 aliphatic rings. The highest BCUT2D eigenvalue weighted by molar-refractivity contribution is 7.99. The van der Waals surface area contributed by atoms with Gasteiger partial charge in [-0.2, -0.15) is 0 Å². The summed E-state index contributed by atoms with van der Waals surface area (Å²) in [7, 11) is 1.92. The first-order valence-corrected chi connectivity index (χ1v) is 9.98. The Morgan fingerprint density at radius 1 is 1.19 bits per heavy atom. The van der Waals surface area contributed by atoms with Gasteiger partial charge < -0.3 is 9.88 Å². The van der Waals surface area contributed by atoms with Crippen molar-refractivity contribution in [3.05, 3.63) is 82.4 Å². The maximum atomic E-state index is 12.7. The number of anilines is 1. The van der Waals surface area contributed by atoms with E-state index >= 15 is 0 Å². The molecule has 0 unspecified atom stereocenters. The van der Waals surface area contributed by atoms with Gasteiger partial charge in [-0.1, -0.05) is 23.0 Å². The highest BCUT2D eigenvalue weighted by atomic mass is 32.2. The van der Waals surface area contributed by atoms with Gasteiger partial charge in [-0.3, -0.25) is 14.9 Å². The third-order valence-electron chi connectivity index (χ3n) is 4.49. The molecule has 1 amide bonds. The molecule has 0 fully saturated rings. The van der Waals surface area contributed by atoms with Crippen LogP contribution in [0.1, 0.15) is 16.2 Å². The number of nitrogens with one attached hydrogen (secondary N) is 1. The summed E-state index contributed by atoms with van der Waals surface area (Å²) < 4.78 is 3.32. The summed E-state index contributed by atoms with van der Waals surface area (Å²) in [5.41, 5.74) is 1.60. The molecule has 1 N–H and O–H groups in total. The molecule has 31 heavy (non-hydrogen) atoms. The number of imidazole rings is 1. The van der Waals surface area contributed by atoms with Crippen LogP contribution in [0.4, 0.5) is 11.4 Å². The smallest absolute Gasteiger partial charge is 0.278 e. The third-order valence-corrected chi connectivity index (χ3v) is 5.58. The number of nitro groups is 1. The number of nitrogens with zero attached hydrogens (tertiary/aromatic N) is 6. The Balaban J connectivity index is 1.49. The molecule has 10 nitrogen and oxygen atoms in total. The number of non-ortho nitro benzene ring substituents is 1. The minimum Gasteiger partial charge on any atom is -0.329 e. The minimum atomic E-state index is -0.487. The predicted octanol–water partition coefficient (Wildman–Crippen LogP) is 3.62. The highest BCUT2D eigenvalue weighted by Crippen LogP contribution is 2.27. The fourth-order valence-corrected chi connectivity index (χ4v) is 3.68. The summed E-state index contributed by atoms with van der Waals surface area (Å²) in [6.07, 6.45) is 3.61. The van der Waals surface area contributed by atoms with Crippen molar-refractivity contribution in [1.82, 2.24) is 24.5 Å². The Morgan fingerprint density at radius 3 is 2.65 bits per heavy atom. The van der Waals surface area contributed by atoms with E-state index in [1.165, 1.54) is 28.6 Å². The van der Waals surface area contributed by atoms with E-state index in [2.05, 4.69) is 20.6 Å². The maximum Gasteiger partial charge on any atom is 0.278 e. The standard InChI is InChI=1S/C20H17N7O3S/c1-13-18(23-24-26(13)15-4-3-5-16(12-15)27(29)30)19(28)22-14-6-8-17(9-7-14)31-20-21-10-11-25(20)2/h3-12H,1-2H3,(H,22,28). The van der Waals surface area contributed by atoms with Gasteiger partial charge in [0.15, 0.2) is 10.9 Å². The summed E-state index contributed by atoms with van der Waals surface area (Å²) in [5, 5.41) is 22.6. The van der Waals surface area contributed by atoms with Gasteiger partial charge in [0.05, 0.1) is 16.3 Å². The molecule has 4 rings (SSSR count). The molecule has 2 heterocycles. The van der Waals surface area contributed by atoms with Gasteiger partial charge in [0.25, 0.3) is 11.6 Å². The van der Waals surface area contributed by atoms with Crippen LogP contribution < -0.4 is 5.32 Å². The van der Waals surface area contributed by atoms with E-state index in [1.807, 2.05) is 29.9 Å². The normalized spacial score (nSPS) is 10.8. The van der Waals surface area contributed by atoms with Crippen LogP contribution in [0.25, 0.3) is 5.69 Å². The van der Waals surface area contributed by atoms with Crippen LogP contribution in [0.2, 0.25) is 0 Å². The fourth-order valence-electron chi connectivity index (χ4n) is 2.87. The van der Waals surface area contributed by atoms with Crippen LogP contribution >= 0.6 is 11.8 Å². The second kappa shape index (κ2) is 8.40. The lowest BCUT2D eigenvalue weighted by molar-refractivity contribution is -0.384. The van der Waals surface area contributed by atoms with Crippen LogP contribution in [-0.2, 0) is 7.05 Å². The van der Waals surface area contributed by atoms with E-state index in [9.17, 15) is 14.9 Å². The average molecular weight is 435 g/mol. The van der Waals surface area contributed by atoms with Gasteiger partial charge in [0, 0.05) is 42.2 Å². The number of hydrogen-bond acceptors (Lipinski definition) is 7. The first kappa shape index (κ1) is 20.3. The number of hydrogen-bond donors (Lipinski definition) is 1. The van der Waals surface area contributed by atoms with E-state index in [0.717, 1.165) is 10.1 Å². The van der Waals surface area contributed by atoms with Gasteiger partial charge in [-0.25, -0.2) is 9.67 Å². The van der Waals surface area contributed by atoms with Crippen molar-refractivity contribution < 1.29 is 9.72 Å². The lowest BCUT2D eigenvalue weighted by atomic mass is 10.2. The molecule has 0 radical (unpaired) electrons. The monoisotopic (exact) mass is 435 g/mol. The van der Waals surface area contributed by atoms with Crippen molar-refractivity contribution in [1.29, 1.82) is 0 Å². The van der Waals surface area contributed by atoms with Gasteiger partial charge >= 0.3 is 0 Å². The molecule has 4 aromatic rings. The number of benzene rings is 2. The van der Waals surface area contributed by atoms with Gasteiger partial charge in [0.1, 0.15) is 0 Å². The lowest BCUT2D eigenvalue weighted by Gasteiger charge is -2.06. The first-order chi connectivity index (χ1) is 14.9. The molecule has 0 saturated heterocycles. The van der Waals surface area contributed by atoms with Crippen LogP contribution in [0.5, 0.6) is 0 Å². The Hall–Kier alpha value is -3.99. The summed E-state index contributed by atoms with van der Waals surface area (Å²) in [4.78, 5) is 28.5. The third kappa shape index (κ3) is 4.31. The molecule has 11 heteroatoms. The molecule has 0 saturated carbocycles. The summed E-state index contributed by atoms with van der Waals surface area (Å²) >= 11 is 1.52. The van der Waals surface area contributed by atoms with E-state index in [4.69, 9.17) is 0 Å². The van der Waals surface area contributed by atoms with Crippen LogP contribution in [0.3, 0.4) is 0 Å². The minimum absolute atomic E-state index is 0.0677. The van der Waals surface area contributed by atoms with Crippen LogP contribution in [0.15, 0.2) is 71.0 Å². The summed E-state index contributed by atoms with van der Waals surface area (Å²) in [6.45, 7) is 1.68. The zero-order valence-corrected chi connectivity index (χ0v) is 17.4. The molecular weight excluding hydrogens is 418 g/mol. The van der Waals surface area contributed by atoms with Crippen molar-refractivity contribution in [2.45, 2.75) is 17.0 Å². The Kier molecular flexibility index (Phi) is 5.50. The summed E-state index contributed by atoms with van der Waals surface area (Å²) in [5.74, 6) is -0.418. The van der Waals surface area contributed by atoms with Crippen molar-refractivity contribution in [3.8, 4) is 5.69 Å². The largest absolute Gasteiger partial charge is 0.329 e. The predicted molar refractivity (Wildman–Crippen MR) is 114 cm³/mol. The fraction of sp³-hybridized carbons (Fsp3) is 0.100. The lowest BCUT2D eigenvalue weighted by Crippen LogP contribution is -2.14. The number of amides is 1. The van der Waals surface area contributed by atoms with E-state index in [1.54, 1.807) is 37.4 Å². The molecule has 2 aromatic heterocycles. The molecular formula is C20H17N7O3S. The number of aromatic nitrogens is 5. The number of carbonyl (C=O) groups excluding carboxylic acids is 1. The highest BCUT2D eigenvalue weighted by Gasteiger charge is 2.19. The Bertz CT molecular complexity index is 1260. The van der Waals surface area contributed by atoms with Crippen LogP contribution in [0, 0.1) is 17.0 Å². The van der Waals surface area contributed by atoms with Crippen molar-refractivity contribution in [2.24, 2.45) is 7.05 Å². The molecule has 0 aliphatic carbocycles. The van der Waals surface area contributed by atoms with E-state index < -0.39 is 10.8 Å². The number of rotatable bonds is 6. The second-order valence-corrected chi connectivity index (χ2v) is 7.65. The number of aryl methyl sites for hydroxylation is 1. The molecule has 0 atom stereocenters. The average Bonchev–Trinajstić information content (AvgIpc) is 3.35. The topological polar surface area (TPSA) is 121 Å². The van der Waals surface area contributed by atoms with Crippen LogP contribution in [-0.4, -0.2) is 35.4 Å². The van der Waals surface area contributed by atoms with Crippen molar-refractivity contribution >= 4 is 29.0 Å². The first-order valence-electron chi connectivity index (χ1n) is 9.16. The molecule has 156 valence electrons. The van der Waals surface area contributed by atoms with Gasteiger partial charge in [-0.15, -0.1) is 5.10 Å². The van der Waals surface area contributed by atoms with Gasteiger partial charge in [0.2, 0.25) is 0 Å². The summed E-state index contributed by atoms with van der Waals surface area (Å²) in [6, 6.07) is 13.4. The molecule has 0 aliphatic heterocycles.